The SMILES string of the molecule is Cc1c(C(=O)NC2CS(=O)(=O)CC2N2CCCC2)cnn1-c1ccccc1F. The molecule has 0 saturated carbocycles. The van der Waals surface area contributed by atoms with E-state index in [2.05, 4.69) is 15.3 Å². The predicted molar refractivity (Wildman–Crippen MR) is 103 cm³/mol. The molecule has 0 bridgehead atoms. The van der Waals surface area contributed by atoms with E-state index in [1.54, 1.807) is 25.1 Å². The summed E-state index contributed by atoms with van der Waals surface area (Å²) in [4.78, 5) is 15.0. The maximum Gasteiger partial charge on any atom is 0.255 e. The smallest absolute Gasteiger partial charge is 0.255 e. The van der Waals surface area contributed by atoms with E-state index in [-0.39, 0.29) is 29.1 Å². The third-order valence-corrected chi connectivity index (χ3v) is 7.30. The number of likely N-dealkylation sites (tertiary alicyclic amines) is 1. The molecule has 1 N–H and O–H groups in total. The van der Waals surface area contributed by atoms with Gasteiger partial charge in [-0.05, 0) is 45.0 Å². The van der Waals surface area contributed by atoms with Crippen molar-refractivity contribution in [3.8, 4) is 5.69 Å². The molecular formula is C19H23FN4O3S. The summed E-state index contributed by atoms with van der Waals surface area (Å²) >= 11 is 0. The van der Waals surface area contributed by atoms with Gasteiger partial charge >= 0.3 is 0 Å². The minimum absolute atomic E-state index is 0.0552. The molecule has 2 aliphatic heterocycles. The maximum absolute atomic E-state index is 14.1. The van der Waals surface area contributed by atoms with Crippen LogP contribution in [0, 0.1) is 12.7 Å². The van der Waals surface area contributed by atoms with Crippen LogP contribution in [0.15, 0.2) is 30.5 Å². The lowest BCUT2D eigenvalue weighted by Crippen LogP contribution is -2.50. The first-order valence-corrected chi connectivity index (χ1v) is 11.2. The van der Waals surface area contributed by atoms with Crippen molar-refractivity contribution in [3.63, 3.8) is 0 Å². The largest absolute Gasteiger partial charge is 0.347 e. The van der Waals surface area contributed by atoms with Crippen LogP contribution in [0.3, 0.4) is 0 Å². The number of hydrogen-bond donors (Lipinski definition) is 1. The fourth-order valence-electron chi connectivity index (χ4n) is 4.15. The molecule has 4 rings (SSSR count). The molecule has 2 atom stereocenters. The van der Waals surface area contributed by atoms with E-state index in [1.165, 1.54) is 16.9 Å². The number of benzene rings is 1. The van der Waals surface area contributed by atoms with Crippen LogP contribution >= 0.6 is 0 Å². The number of nitrogens with one attached hydrogen (secondary N) is 1. The van der Waals surface area contributed by atoms with Crippen molar-refractivity contribution in [1.82, 2.24) is 20.0 Å². The van der Waals surface area contributed by atoms with E-state index in [1.807, 2.05) is 0 Å². The van der Waals surface area contributed by atoms with E-state index < -0.39 is 21.7 Å². The predicted octanol–water partition coefficient (Wildman–Crippen LogP) is 1.31. The Bertz CT molecular complexity index is 998. The number of nitrogens with zero attached hydrogens (tertiary/aromatic N) is 3. The van der Waals surface area contributed by atoms with Gasteiger partial charge in [-0.2, -0.15) is 5.10 Å². The highest BCUT2D eigenvalue weighted by Crippen LogP contribution is 2.23. The van der Waals surface area contributed by atoms with Gasteiger partial charge < -0.3 is 5.32 Å². The second-order valence-electron chi connectivity index (χ2n) is 7.47. The standard InChI is InChI=1S/C19H23FN4O3S/c1-13-14(10-21-24(13)17-7-3-2-6-15(17)20)19(25)22-16-11-28(26,27)12-18(16)23-8-4-5-9-23/h2-3,6-7,10,16,18H,4-5,8-9,11-12H2,1H3,(H,22,25). The lowest BCUT2D eigenvalue weighted by atomic mass is 10.1. The highest BCUT2D eigenvalue weighted by molar-refractivity contribution is 7.91. The van der Waals surface area contributed by atoms with Crippen molar-refractivity contribution in [2.75, 3.05) is 24.6 Å². The topological polar surface area (TPSA) is 84.3 Å². The molecular weight excluding hydrogens is 383 g/mol. The third kappa shape index (κ3) is 3.56. The zero-order valence-electron chi connectivity index (χ0n) is 15.6. The number of aromatic nitrogens is 2. The Kier molecular flexibility index (Phi) is 4.96. The van der Waals surface area contributed by atoms with E-state index in [9.17, 15) is 17.6 Å². The van der Waals surface area contributed by atoms with Gasteiger partial charge in [-0.15, -0.1) is 0 Å². The number of sulfone groups is 1. The second-order valence-corrected chi connectivity index (χ2v) is 9.63. The highest BCUT2D eigenvalue weighted by Gasteiger charge is 2.42. The normalized spacial score (nSPS) is 24.5. The van der Waals surface area contributed by atoms with Gasteiger partial charge in [-0.1, -0.05) is 12.1 Å². The molecule has 2 aromatic rings. The quantitative estimate of drug-likeness (QED) is 0.828. The van der Waals surface area contributed by atoms with Gasteiger partial charge in [0.2, 0.25) is 0 Å². The van der Waals surface area contributed by atoms with Crippen LogP contribution in [0.2, 0.25) is 0 Å². The summed E-state index contributed by atoms with van der Waals surface area (Å²) in [6.07, 6.45) is 3.49. The molecule has 0 aliphatic carbocycles. The average Bonchev–Trinajstić information content (AvgIpc) is 3.35. The molecule has 9 heteroatoms. The van der Waals surface area contributed by atoms with E-state index in [4.69, 9.17) is 0 Å². The first kappa shape index (κ1) is 19.1. The lowest BCUT2D eigenvalue weighted by Gasteiger charge is -2.28. The Morgan fingerprint density at radius 1 is 1.21 bits per heavy atom. The second kappa shape index (κ2) is 7.29. The fraction of sp³-hybridized carbons (Fsp3) is 0.474. The van der Waals surface area contributed by atoms with Crippen molar-refractivity contribution >= 4 is 15.7 Å². The number of carbonyl (C=O) groups is 1. The Hall–Kier alpha value is -2.26. The van der Waals surface area contributed by atoms with Crippen LogP contribution < -0.4 is 5.32 Å². The number of rotatable bonds is 4. The van der Waals surface area contributed by atoms with Crippen LogP contribution in [0.5, 0.6) is 0 Å². The third-order valence-electron chi connectivity index (χ3n) is 5.58. The van der Waals surface area contributed by atoms with Crippen LogP contribution in [0.25, 0.3) is 5.69 Å². The number of hydrogen-bond acceptors (Lipinski definition) is 5. The Morgan fingerprint density at radius 3 is 2.64 bits per heavy atom. The van der Waals surface area contributed by atoms with Gasteiger partial charge in [0.15, 0.2) is 9.84 Å². The molecule has 2 unspecified atom stereocenters. The van der Waals surface area contributed by atoms with Gasteiger partial charge in [0, 0.05) is 6.04 Å². The first-order chi connectivity index (χ1) is 13.4. The Balaban J connectivity index is 1.56. The van der Waals surface area contributed by atoms with Crippen LogP contribution in [-0.2, 0) is 9.84 Å². The summed E-state index contributed by atoms with van der Waals surface area (Å²) in [5.74, 6) is -0.797. The lowest BCUT2D eigenvalue weighted by molar-refractivity contribution is 0.0918. The fourth-order valence-corrected chi connectivity index (χ4v) is 6.10. The van der Waals surface area contributed by atoms with Gasteiger partial charge in [0.05, 0.1) is 35.0 Å². The van der Waals surface area contributed by atoms with Gasteiger partial charge in [-0.25, -0.2) is 17.5 Å². The van der Waals surface area contributed by atoms with E-state index in [0.717, 1.165) is 25.9 Å². The average molecular weight is 406 g/mol. The minimum atomic E-state index is -3.19. The molecule has 2 aliphatic rings. The maximum atomic E-state index is 14.1. The molecule has 0 radical (unpaired) electrons. The summed E-state index contributed by atoms with van der Waals surface area (Å²) in [6, 6.07) is 5.56. The molecule has 1 amide bonds. The Labute approximate surface area is 163 Å². The summed E-state index contributed by atoms with van der Waals surface area (Å²) < 4.78 is 39.8. The number of halogens is 1. The summed E-state index contributed by atoms with van der Waals surface area (Å²) in [5.41, 5.74) is 1.08. The molecule has 150 valence electrons. The highest BCUT2D eigenvalue weighted by atomic mass is 32.2. The van der Waals surface area contributed by atoms with Crippen LogP contribution in [0.1, 0.15) is 28.9 Å². The van der Waals surface area contributed by atoms with Crippen molar-refractivity contribution in [3.05, 3.63) is 47.5 Å². The minimum Gasteiger partial charge on any atom is -0.347 e. The first-order valence-electron chi connectivity index (χ1n) is 9.40. The van der Waals surface area contributed by atoms with Gasteiger partial charge in [0.1, 0.15) is 11.5 Å². The molecule has 7 nitrogen and oxygen atoms in total. The molecule has 28 heavy (non-hydrogen) atoms. The molecule has 2 saturated heterocycles. The van der Waals surface area contributed by atoms with Crippen molar-refractivity contribution < 1.29 is 17.6 Å². The van der Waals surface area contributed by atoms with Crippen LogP contribution in [-0.4, -0.2) is 65.7 Å². The van der Waals surface area contributed by atoms with Gasteiger partial charge in [-0.3, -0.25) is 9.69 Å². The van der Waals surface area contributed by atoms with Crippen molar-refractivity contribution in [2.45, 2.75) is 31.8 Å². The van der Waals surface area contributed by atoms with Gasteiger partial charge in [0.25, 0.3) is 5.91 Å². The number of amides is 1. The number of carbonyl (C=O) groups excluding carboxylic acids is 1. The van der Waals surface area contributed by atoms with Crippen molar-refractivity contribution in [2.24, 2.45) is 0 Å². The zero-order chi connectivity index (χ0) is 19.9. The monoisotopic (exact) mass is 406 g/mol. The van der Waals surface area contributed by atoms with Crippen LogP contribution in [0.4, 0.5) is 4.39 Å². The zero-order valence-corrected chi connectivity index (χ0v) is 16.5. The molecule has 1 aromatic heterocycles. The Morgan fingerprint density at radius 2 is 1.93 bits per heavy atom. The summed E-state index contributed by atoms with van der Waals surface area (Å²) in [5, 5.41) is 7.05. The molecule has 0 spiro atoms. The van der Waals surface area contributed by atoms with E-state index >= 15 is 0 Å². The molecule has 1 aromatic carbocycles. The van der Waals surface area contributed by atoms with Crippen molar-refractivity contribution in [1.29, 1.82) is 0 Å². The summed E-state index contributed by atoms with van der Waals surface area (Å²) in [7, 11) is -3.19. The number of para-hydroxylation sites is 1. The summed E-state index contributed by atoms with van der Waals surface area (Å²) in [6.45, 7) is 3.41. The molecule has 2 fully saturated rings. The van der Waals surface area contributed by atoms with E-state index in [0.29, 0.717) is 11.3 Å². The molecule has 3 heterocycles.